The van der Waals surface area contributed by atoms with Gasteiger partial charge in [-0.1, -0.05) is 35.9 Å². The Morgan fingerprint density at radius 3 is 2.54 bits per heavy atom. The SMILES string of the molecule is Cc1ccc(OCC(=O)N(Cc2nccs2)c2ccccc2)cc1. The minimum atomic E-state index is -0.100. The number of thiazole rings is 1. The van der Waals surface area contributed by atoms with Crippen LogP contribution in [0.3, 0.4) is 0 Å². The Balaban J connectivity index is 1.72. The van der Waals surface area contributed by atoms with Gasteiger partial charge >= 0.3 is 0 Å². The number of anilines is 1. The molecule has 0 bridgehead atoms. The lowest BCUT2D eigenvalue weighted by atomic mass is 10.2. The molecule has 0 N–H and O–H groups in total. The molecule has 0 saturated carbocycles. The van der Waals surface area contributed by atoms with Crippen molar-refractivity contribution in [1.29, 1.82) is 0 Å². The van der Waals surface area contributed by atoms with Crippen molar-refractivity contribution >= 4 is 22.9 Å². The first-order valence-corrected chi connectivity index (χ1v) is 8.53. The van der Waals surface area contributed by atoms with Crippen molar-refractivity contribution in [2.75, 3.05) is 11.5 Å². The van der Waals surface area contributed by atoms with Gasteiger partial charge in [-0.25, -0.2) is 4.98 Å². The fourth-order valence-corrected chi connectivity index (χ4v) is 2.86. The standard InChI is InChI=1S/C19H18N2O2S/c1-15-7-9-17(10-8-15)23-14-19(22)21(13-18-20-11-12-24-18)16-5-3-2-4-6-16/h2-12H,13-14H2,1H3. The molecule has 5 heteroatoms. The summed E-state index contributed by atoms with van der Waals surface area (Å²) in [4.78, 5) is 18.7. The van der Waals surface area contributed by atoms with Crippen molar-refractivity contribution in [3.05, 3.63) is 76.7 Å². The number of carbonyl (C=O) groups excluding carboxylic acids is 1. The quantitative estimate of drug-likeness (QED) is 0.680. The minimum absolute atomic E-state index is 0.0106. The molecular weight excluding hydrogens is 320 g/mol. The average Bonchev–Trinajstić information content (AvgIpc) is 3.13. The van der Waals surface area contributed by atoms with Crippen molar-refractivity contribution in [2.45, 2.75) is 13.5 Å². The second kappa shape index (κ2) is 7.75. The number of para-hydroxylation sites is 1. The van der Waals surface area contributed by atoms with Crippen LogP contribution in [0.25, 0.3) is 0 Å². The van der Waals surface area contributed by atoms with Gasteiger partial charge in [0.25, 0.3) is 5.91 Å². The van der Waals surface area contributed by atoms with Gasteiger partial charge in [0.2, 0.25) is 0 Å². The number of aryl methyl sites for hydroxylation is 1. The van der Waals surface area contributed by atoms with Crippen LogP contribution in [0.4, 0.5) is 5.69 Å². The van der Waals surface area contributed by atoms with E-state index in [4.69, 9.17) is 4.74 Å². The first-order chi connectivity index (χ1) is 11.7. The van der Waals surface area contributed by atoms with E-state index in [2.05, 4.69) is 4.98 Å². The summed E-state index contributed by atoms with van der Waals surface area (Å²) in [6, 6.07) is 17.3. The van der Waals surface area contributed by atoms with E-state index >= 15 is 0 Å². The number of hydrogen-bond donors (Lipinski definition) is 0. The van der Waals surface area contributed by atoms with Crippen LogP contribution in [0.2, 0.25) is 0 Å². The molecule has 0 aliphatic carbocycles. The Bertz CT molecular complexity index is 771. The van der Waals surface area contributed by atoms with Gasteiger partial charge in [-0.05, 0) is 31.2 Å². The Kier molecular flexibility index (Phi) is 5.23. The predicted molar refractivity (Wildman–Crippen MR) is 96.4 cm³/mol. The van der Waals surface area contributed by atoms with Gasteiger partial charge in [-0.3, -0.25) is 4.79 Å². The van der Waals surface area contributed by atoms with E-state index < -0.39 is 0 Å². The molecule has 0 aliphatic heterocycles. The van der Waals surface area contributed by atoms with Crippen LogP contribution in [0.5, 0.6) is 5.75 Å². The number of ether oxygens (including phenoxy) is 1. The summed E-state index contributed by atoms with van der Waals surface area (Å²) in [6.45, 7) is 2.45. The molecule has 122 valence electrons. The highest BCUT2D eigenvalue weighted by Gasteiger charge is 2.18. The summed E-state index contributed by atoms with van der Waals surface area (Å²) in [5.74, 6) is 0.591. The van der Waals surface area contributed by atoms with Gasteiger partial charge in [-0.2, -0.15) is 0 Å². The number of hydrogen-bond acceptors (Lipinski definition) is 4. The second-order valence-corrected chi connectivity index (χ2v) is 6.32. The molecule has 0 aliphatic rings. The fourth-order valence-electron chi connectivity index (χ4n) is 2.26. The molecular formula is C19H18N2O2S. The molecule has 0 spiro atoms. The summed E-state index contributed by atoms with van der Waals surface area (Å²) < 4.78 is 5.64. The first-order valence-electron chi connectivity index (χ1n) is 7.65. The maximum Gasteiger partial charge on any atom is 0.265 e. The van der Waals surface area contributed by atoms with E-state index in [0.717, 1.165) is 16.3 Å². The number of benzene rings is 2. The molecule has 0 unspecified atom stereocenters. The molecule has 1 heterocycles. The van der Waals surface area contributed by atoms with Gasteiger partial charge < -0.3 is 9.64 Å². The molecule has 3 rings (SSSR count). The molecule has 1 aromatic heterocycles. The van der Waals surface area contributed by atoms with E-state index in [1.165, 1.54) is 11.3 Å². The highest BCUT2D eigenvalue weighted by Crippen LogP contribution is 2.19. The summed E-state index contributed by atoms with van der Waals surface area (Å²) in [5.41, 5.74) is 1.99. The van der Waals surface area contributed by atoms with E-state index in [1.54, 1.807) is 11.1 Å². The van der Waals surface area contributed by atoms with Crippen LogP contribution in [0.15, 0.2) is 66.2 Å². The highest BCUT2D eigenvalue weighted by molar-refractivity contribution is 7.09. The fraction of sp³-hybridized carbons (Fsp3) is 0.158. The Hall–Kier alpha value is -2.66. The average molecular weight is 338 g/mol. The number of carbonyl (C=O) groups is 1. The molecule has 0 radical (unpaired) electrons. The zero-order valence-electron chi connectivity index (χ0n) is 13.4. The van der Waals surface area contributed by atoms with Crippen LogP contribution < -0.4 is 9.64 Å². The normalized spacial score (nSPS) is 10.4. The molecule has 2 aromatic carbocycles. The largest absolute Gasteiger partial charge is 0.484 e. The molecule has 3 aromatic rings. The predicted octanol–water partition coefficient (Wildman–Crippen LogP) is 4.06. The van der Waals surface area contributed by atoms with Crippen LogP contribution in [0, 0.1) is 6.92 Å². The van der Waals surface area contributed by atoms with Gasteiger partial charge in [-0.15, -0.1) is 11.3 Å². The summed E-state index contributed by atoms with van der Waals surface area (Å²) in [6.07, 6.45) is 1.75. The van der Waals surface area contributed by atoms with Gasteiger partial charge in [0.15, 0.2) is 6.61 Å². The summed E-state index contributed by atoms with van der Waals surface area (Å²) in [7, 11) is 0. The number of aromatic nitrogens is 1. The van der Waals surface area contributed by atoms with Crippen molar-refractivity contribution in [2.24, 2.45) is 0 Å². The van der Waals surface area contributed by atoms with Crippen molar-refractivity contribution in [3.8, 4) is 5.75 Å². The van der Waals surface area contributed by atoms with Gasteiger partial charge in [0.1, 0.15) is 10.8 Å². The maximum absolute atomic E-state index is 12.7. The third-order valence-corrected chi connectivity index (χ3v) is 4.29. The lowest BCUT2D eigenvalue weighted by Gasteiger charge is -2.22. The Morgan fingerprint density at radius 2 is 1.88 bits per heavy atom. The smallest absolute Gasteiger partial charge is 0.265 e. The molecule has 1 amide bonds. The molecule has 0 fully saturated rings. The summed E-state index contributed by atoms with van der Waals surface area (Å²) >= 11 is 1.53. The van der Waals surface area contributed by atoms with Crippen LogP contribution in [-0.4, -0.2) is 17.5 Å². The second-order valence-electron chi connectivity index (χ2n) is 5.34. The van der Waals surface area contributed by atoms with Crippen LogP contribution in [0.1, 0.15) is 10.6 Å². The number of nitrogens with zero attached hydrogens (tertiary/aromatic N) is 2. The van der Waals surface area contributed by atoms with Crippen LogP contribution >= 0.6 is 11.3 Å². The monoisotopic (exact) mass is 338 g/mol. The van der Waals surface area contributed by atoms with Crippen molar-refractivity contribution in [3.63, 3.8) is 0 Å². The molecule has 4 nitrogen and oxygen atoms in total. The van der Waals surface area contributed by atoms with E-state index in [9.17, 15) is 4.79 Å². The van der Waals surface area contributed by atoms with Gasteiger partial charge in [0, 0.05) is 17.3 Å². The summed E-state index contributed by atoms with van der Waals surface area (Å²) in [5, 5.41) is 2.80. The van der Waals surface area contributed by atoms with E-state index in [0.29, 0.717) is 12.3 Å². The Labute approximate surface area is 145 Å². The number of amides is 1. The molecule has 24 heavy (non-hydrogen) atoms. The zero-order chi connectivity index (χ0) is 16.8. The van der Waals surface area contributed by atoms with Crippen molar-refractivity contribution < 1.29 is 9.53 Å². The third kappa shape index (κ3) is 4.20. The lowest BCUT2D eigenvalue weighted by Crippen LogP contribution is -2.34. The van der Waals surface area contributed by atoms with E-state index in [-0.39, 0.29) is 12.5 Å². The molecule has 0 atom stereocenters. The van der Waals surface area contributed by atoms with Crippen molar-refractivity contribution in [1.82, 2.24) is 4.98 Å². The minimum Gasteiger partial charge on any atom is -0.484 e. The number of rotatable bonds is 6. The lowest BCUT2D eigenvalue weighted by molar-refractivity contribution is -0.120. The topological polar surface area (TPSA) is 42.4 Å². The first kappa shape index (κ1) is 16.2. The molecule has 0 saturated heterocycles. The zero-order valence-corrected chi connectivity index (χ0v) is 14.2. The van der Waals surface area contributed by atoms with Crippen LogP contribution in [-0.2, 0) is 11.3 Å². The third-order valence-electron chi connectivity index (χ3n) is 3.53. The maximum atomic E-state index is 12.7. The van der Waals surface area contributed by atoms with Gasteiger partial charge in [0.05, 0.1) is 6.54 Å². The van der Waals surface area contributed by atoms with E-state index in [1.807, 2.05) is 66.9 Å². The Morgan fingerprint density at radius 1 is 1.12 bits per heavy atom. The highest BCUT2D eigenvalue weighted by atomic mass is 32.1.